The highest BCUT2D eigenvalue weighted by Gasteiger charge is 2.26. The zero-order valence-electron chi connectivity index (χ0n) is 12.9. The topological polar surface area (TPSA) is 36.4 Å². The number of rotatable bonds is 7. The van der Waals surface area contributed by atoms with E-state index in [4.69, 9.17) is 0 Å². The second kappa shape index (κ2) is 7.61. The van der Waals surface area contributed by atoms with Gasteiger partial charge in [-0.1, -0.05) is 13.8 Å². The summed E-state index contributed by atoms with van der Waals surface area (Å²) in [4.78, 5) is 20.7. The highest BCUT2D eigenvalue weighted by atomic mass is 19.1. The van der Waals surface area contributed by atoms with Gasteiger partial charge in [0.15, 0.2) is 5.78 Å². The molecule has 4 nitrogen and oxygen atoms in total. The molecule has 2 rings (SSSR count). The van der Waals surface area contributed by atoms with Gasteiger partial charge in [0.2, 0.25) is 0 Å². The number of hydrogen-bond donors (Lipinski definition) is 0. The monoisotopic (exact) mass is 293 g/mol. The third-order valence-corrected chi connectivity index (χ3v) is 4.24. The van der Waals surface area contributed by atoms with E-state index in [1.165, 1.54) is 18.6 Å². The summed E-state index contributed by atoms with van der Waals surface area (Å²) in [6.07, 6.45) is 2.72. The van der Waals surface area contributed by atoms with Crippen molar-refractivity contribution >= 4 is 5.78 Å². The van der Waals surface area contributed by atoms with E-state index in [1.807, 2.05) is 0 Å². The molecule has 0 bridgehead atoms. The van der Waals surface area contributed by atoms with Gasteiger partial charge in [0.25, 0.3) is 0 Å². The molecule has 1 aromatic heterocycles. The van der Waals surface area contributed by atoms with Crippen LogP contribution >= 0.6 is 0 Å². The molecule has 0 radical (unpaired) electrons. The Balaban J connectivity index is 1.79. The number of aromatic nitrogens is 1. The van der Waals surface area contributed by atoms with E-state index in [-0.39, 0.29) is 5.78 Å². The lowest BCUT2D eigenvalue weighted by molar-refractivity contribution is 0.0962. The van der Waals surface area contributed by atoms with Crippen LogP contribution in [0.2, 0.25) is 0 Å². The van der Waals surface area contributed by atoms with E-state index < -0.39 is 5.82 Å². The Hall–Kier alpha value is -1.33. The zero-order chi connectivity index (χ0) is 15.2. The molecule has 5 heteroatoms. The van der Waals surface area contributed by atoms with Gasteiger partial charge in [-0.05, 0) is 38.2 Å². The first kappa shape index (κ1) is 16.0. The molecule has 1 fully saturated rings. The maximum Gasteiger partial charge on any atom is 0.182 e. The Bertz CT molecular complexity index is 459. The van der Waals surface area contributed by atoms with Crippen LogP contribution in [0, 0.1) is 5.82 Å². The fourth-order valence-corrected chi connectivity index (χ4v) is 2.98. The highest BCUT2D eigenvalue weighted by Crippen LogP contribution is 2.16. The molecule has 1 aromatic rings. The van der Waals surface area contributed by atoms with Gasteiger partial charge in [0.1, 0.15) is 11.5 Å². The number of nitrogens with zero attached hydrogens (tertiary/aromatic N) is 3. The summed E-state index contributed by atoms with van der Waals surface area (Å²) < 4.78 is 12.8. The number of likely N-dealkylation sites (tertiary alicyclic amines) is 1. The molecule has 0 saturated carbocycles. The normalized spacial score (nSPS) is 19.3. The van der Waals surface area contributed by atoms with E-state index in [2.05, 4.69) is 28.6 Å². The van der Waals surface area contributed by atoms with E-state index in [0.717, 1.165) is 38.9 Å². The summed E-state index contributed by atoms with van der Waals surface area (Å²) in [6, 6.07) is 3.35. The lowest BCUT2D eigenvalue weighted by Crippen LogP contribution is -2.37. The number of carbonyl (C=O) groups excluding carboxylic acids is 1. The van der Waals surface area contributed by atoms with Crippen LogP contribution in [0.3, 0.4) is 0 Å². The number of likely N-dealkylation sites (N-methyl/N-ethyl adjacent to an activating group) is 1. The minimum atomic E-state index is -0.409. The van der Waals surface area contributed by atoms with Crippen LogP contribution in [0.4, 0.5) is 4.39 Å². The fraction of sp³-hybridized carbons (Fsp3) is 0.625. The van der Waals surface area contributed by atoms with Crippen molar-refractivity contribution in [2.45, 2.75) is 32.7 Å². The predicted molar refractivity (Wildman–Crippen MR) is 80.9 cm³/mol. The summed E-state index contributed by atoms with van der Waals surface area (Å²) >= 11 is 0. The summed E-state index contributed by atoms with van der Waals surface area (Å²) in [6.45, 7) is 9.37. The van der Waals surface area contributed by atoms with Crippen molar-refractivity contribution in [3.63, 3.8) is 0 Å². The third kappa shape index (κ3) is 4.32. The minimum Gasteiger partial charge on any atom is -0.301 e. The Morgan fingerprint density at radius 2 is 2.19 bits per heavy atom. The molecule has 0 spiro atoms. The van der Waals surface area contributed by atoms with Crippen molar-refractivity contribution in [1.29, 1.82) is 0 Å². The van der Waals surface area contributed by atoms with Gasteiger partial charge in [-0.2, -0.15) is 0 Å². The number of halogens is 1. The van der Waals surface area contributed by atoms with Gasteiger partial charge in [0.05, 0.1) is 6.20 Å². The first-order valence-corrected chi connectivity index (χ1v) is 7.75. The van der Waals surface area contributed by atoms with Gasteiger partial charge >= 0.3 is 0 Å². The van der Waals surface area contributed by atoms with Gasteiger partial charge in [-0.15, -0.1) is 0 Å². The van der Waals surface area contributed by atoms with Crippen LogP contribution in [-0.2, 0) is 0 Å². The van der Waals surface area contributed by atoms with Crippen molar-refractivity contribution in [3.8, 4) is 0 Å². The minimum absolute atomic E-state index is 0.0127. The quantitative estimate of drug-likeness (QED) is 0.722. The number of hydrogen-bond acceptors (Lipinski definition) is 4. The predicted octanol–water partition coefficient (Wildman–Crippen LogP) is 2.21. The van der Waals surface area contributed by atoms with Crippen molar-refractivity contribution in [1.82, 2.24) is 14.8 Å². The molecule has 1 aliphatic heterocycles. The number of ketones is 1. The average molecular weight is 293 g/mol. The van der Waals surface area contributed by atoms with Crippen molar-refractivity contribution < 1.29 is 9.18 Å². The maximum absolute atomic E-state index is 12.8. The second-order valence-corrected chi connectivity index (χ2v) is 5.50. The van der Waals surface area contributed by atoms with Gasteiger partial charge in [-0.25, -0.2) is 4.39 Å². The molecule has 0 aliphatic carbocycles. The molecule has 1 aliphatic rings. The molecule has 116 valence electrons. The van der Waals surface area contributed by atoms with Crippen LogP contribution in [0.5, 0.6) is 0 Å². The smallest absolute Gasteiger partial charge is 0.182 e. The maximum atomic E-state index is 12.8. The lowest BCUT2D eigenvalue weighted by Gasteiger charge is -2.26. The molecule has 0 amide bonds. The largest absolute Gasteiger partial charge is 0.301 e. The van der Waals surface area contributed by atoms with Gasteiger partial charge in [0, 0.05) is 25.6 Å². The Labute approximate surface area is 126 Å². The summed E-state index contributed by atoms with van der Waals surface area (Å²) in [5, 5.41) is 0. The fourth-order valence-electron chi connectivity index (χ4n) is 2.98. The van der Waals surface area contributed by atoms with Gasteiger partial charge < -0.3 is 4.90 Å². The molecule has 1 saturated heterocycles. The molecule has 2 heterocycles. The van der Waals surface area contributed by atoms with Crippen molar-refractivity contribution in [3.05, 3.63) is 29.8 Å². The van der Waals surface area contributed by atoms with Crippen molar-refractivity contribution in [2.75, 3.05) is 32.7 Å². The Kier molecular flexibility index (Phi) is 5.82. The summed E-state index contributed by atoms with van der Waals surface area (Å²) in [5.74, 6) is -0.422. The molecule has 21 heavy (non-hydrogen) atoms. The zero-order valence-corrected chi connectivity index (χ0v) is 12.9. The number of Topliss-reactive ketones (excluding diaryl/α,β-unsaturated/α-hetero) is 1. The molecule has 1 atom stereocenters. The standard InChI is InChI=1S/C16H24FN3O/c1-3-20(4-2)14-7-9-19(12-14)10-8-16(21)15-6-5-13(17)11-18-15/h5-6,11,14H,3-4,7-10,12H2,1-2H3. The molecular weight excluding hydrogens is 269 g/mol. The number of carbonyl (C=O) groups is 1. The van der Waals surface area contributed by atoms with E-state index in [0.29, 0.717) is 18.2 Å². The average Bonchev–Trinajstić information content (AvgIpc) is 2.96. The van der Waals surface area contributed by atoms with Crippen LogP contribution in [0.1, 0.15) is 37.2 Å². The second-order valence-electron chi connectivity index (χ2n) is 5.50. The Morgan fingerprint density at radius 3 is 2.81 bits per heavy atom. The van der Waals surface area contributed by atoms with Crippen LogP contribution < -0.4 is 0 Å². The lowest BCUT2D eigenvalue weighted by atomic mass is 10.2. The molecule has 0 aromatic carbocycles. The van der Waals surface area contributed by atoms with Crippen LogP contribution in [0.25, 0.3) is 0 Å². The van der Waals surface area contributed by atoms with Crippen LogP contribution in [0.15, 0.2) is 18.3 Å². The first-order chi connectivity index (χ1) is 10.1. The first-order valence-electron chi connectivity index (χ1n) is 7.75. The molecule has 0 N–H and O–H groups in total. The van der Waals surface area contributed by atoms with Crippen molar-refractivity contribution in [2.24, 2.45) is 0 Å². The van der Waals surface area contributed by atoms with E-state index in [1.54, 1.807) is 0 Å². The van der Waals surface area contributed by atoms with Gasteiger partial charge in [-0.3, -0.25) is 14.7 Å². The third-order valence-electron chi connectivity index (χ3n) is 4.24. The SMILES string of the molecule is CCN(CC)C1CCN(CCC(=O)c2ccc(F)cn2)C1. The summed E-state index contributed by atoms with van der Waals surface area (Å²) in [7, 11) is 0. The van der Waals surface area contributed by atoms with E-state index >= 15 is 0 Å². The van der Waals surface area contributed by atoms with E-state index in [9.17, 15) is 9.18 Å². The summed E-state index contributed by atoms with van der Waals surface area (Å²) in [5.41, 5.74) is 0.357. The highest BCUT2D eigenvalue weighted by molar-refractivity contribution is 5.94. The molecular formula is C16H24FN3O. The number of pyridine rings is 1. The molecule has 1 unspecified atom stereocenters. The Morgan fingerprint density at radius 1 is 1.43 bits per heavy atom. The van der Waals surface area contributed by atoms with Crippen LogP contribution in [-0.4, -0.2) is 59.3 Å².